The fourth-order valence-corrected chi connectivity index (χ4v) is 3.08. The van der Waals surface area contributed by atoms with E-state index in [0.29, 0.717) is 14.9 Å². The zero-order valence-corrected chi connectivity index (χ0v) is 13.8. The number of anilines is 1. The van der Waals surface area contributed by atoms with Gasteiger partial charge in [0.05, 0.1) is 4.24 Å². The number of carbonyl (C=O) groups excluding carboxylic acids is 1. The lowest BCUT2D eigenvalue weighted by atomic mass is 10.3. The topological polar surface area (TPSA) is 81.1 Å². The summed E-state index contributed by atoms with van der Waals surface area (Å²) < 4.78 is 0.524. The summed E-state index contributed by atoms with van der Waals surface area (Å²) in [4.78, 5) is 13.1. The van der Waals surface area contributed by atoms with Crippen LogP contribution in [0.1, 0.15) is 0 Å². The quantitative estimate of drug-likeness (QED) is 0.433. The maximum atomic E-state index is 12.2. The average molecular weight is 352 g/mol. The predicted octanol–water partition coefficient (Wildman–Crippen LogP) is 3.81. The van der Waals surface area contributed by atoms with Crippen LogP contribution in [0.15, 0.2) is 69.4 Å². The Morgan fingerprint density at radius 2 is 1.68 bits per heavy atom. The van der Waals surface area contributed by atoms with Gasteiger partial charge in [0.2, 0.25) is 0 Å². The van der Waals surface area contributed by atoms with Crippen molar-refractivity contribution in [3.05, 3.63) is 69.6 Å². The molecule has 0 saturated heterocycles. The molecule has 0 fully saturated rings. The monoisotopic (exact) mass is 351 g/mol. The summed E-state index contributed by atoms with van der Waals surface area (Å²) in [5, 5.41) is 9.00. The van der Waals surface area contributed by atoms with Gasteiger partial charge in [0.25, 0.3) is 5.91 Å². The lowest BCUT2D eigenvalue weighted by Gasteiger charge is -2.10. The highest BCUT2D eigenvalue weighted by Gasteiger charge is 2.13. The molecule has 0 aliphatic rings. The smallest absolute Gasteiger partial charge is 0.273 e. The number of halogens is 1. The second-order valence-electron chi connectivity index (χ2n) is 4.20. The van der Waals surface area contributed by atoms with E-state index in [-0.39, 0.29) is 11.6 Å². The van der Waals surface area contributed by atoms with Crippen molar-refractivity contribution in [1.29, 1.82) is 0 Å². The number of amides is 1. The predicted molar refractivity (Wildman–Crippen MR) is 95.4 cm³/mol. The number of hydrogen-bond donors (Lipinski definition) is 3. The van der Waals surface area contributed by atoms with Crippen LogP contribution in [0.3, 0.4) is 0 Å². The minimum Gasteiger partial charge on any atom is -0.393 e. The zero-order valence-electron chi connectivity index (χ0n) is 11.5. The Bertz CT molecular complexity index is 675. The summed E-state index contributed by atoms with van der Waals surface area (Å²) in [6.07, 6.45) is 0. The Morgan fingerprint density at radius 1 is 1.05 bits per heavy atom. The number of para-hydroxylation sites is 1. The summed E-state index contributed by atoms with van der Waals surface area (Å²) in [6, 6.07) is 16.3. The van der Waals surface area contributed by atoms with Crippen LogP contribution in [0, 0.1) is 0 Å². The molecule has 2 rings (SSSR count). The molecule has 0 aliphatic heterocycles. The number of nitrogens with two attached hydrogens (primary N) is 2. The van der Waals surface area contributed by atoms with Gasteiger partial charge in [0, 0.05) is 15.6 Å². The van der Waals surface area contributed by atoms with E-state index in [2.05, 4.69) is 5.32 Å². The molecule has 4 nitrogen and oxygen atoms in total. The van der Waals surface area contributed by atoms with Crippen molar-refractivity contribution in [2.24, 2.45) is 10.9 Å². The molecular weight excluding hydrogens is 338 g/mol. The van der Waals surface area contributed by atoms with Crippen molar-refractivity contribution in [1.82, 2.24) is 0 Å². The SMILES string of the molecule is NS/C(Sc1ccc(Cl)cc1)=C(\N)C(=O)Nc1ccccc1. The van der Waals surface area contributed by atoms with Crippen LogP contribution < -0.4 is 16.2 Å². The molecule has 0 aromatic heterocycles. The first kappa shape index (κ1) is 16.8. The first-order chi connectivity index (χ1) is 10.6. The first-order valence-corrected chi connectivity index (χ1v) is 8.34. The van der Waals surface area contributed by atoms with Gasteiger partial charge in [-0.25, -0.2) is 0 Å². The Morgan fingerprint density at radius 3 is 2.27 bits per heavy atom. The number of carbonyl (C=O) groups is 1. The molecule has 0 atom stereocenters. The molecule has 0 aliphatic carbocycles. The number of rotatable bonds is 5. The van der Waals surface area contributed by atoms with Gasteiger partial charge >= 0.3 is 0 Å². The van der Waals surface area contributed by atoms with Crippen LogP contribution in [0.5, 0.6) is 0 Å². The molecule has 7 heteroatoms. The zero-order chi connectivity index (χ0) is 15.9. The van der Waals surface area contributed by atoms with Gasteiger partial charge in [0.15, 0.2) is 0 Å². The highest BCUT2D eigenvalue weighted by Crippen LogP contribution is 2.34. The normalized spacial score (nSPS) is 11.7. The standard InChI is InChI=1S/C15H14ClN3OS2/c16-10-6-8-12(9-7-10)21-15(22-18)13(17)14(20)19-11-4-2-1-3-5-11/h1-9H,17-18H2,(H,19,20)/b15-13-. The maximum absolute atomic E-state index is 12.2. The van der Waals surface area contributed by atoms with Crippen LogP contribution in [0.4, 0.5) is 5.69 Å². The molecule has 0 heterocycles. The highest BCUT2D eigenvalue weighted by atomic mass is 35.5. The molecule has 2 aromatic rings. The third kappa shape index (κ3) is 4.71. The van der Waals surface area contributed by atoms with E-state index in [1.807, 2.05) is 30.3 Å². The van der Waals surface area contributed by atoms with Crippen molar-refractivity contribution in [3.63, 3.8) is 0 Å². The summed E-state index contributed by atoms with van der Waals surface area (Å²) in [5.74, 6) is -0.388. The summed E-state index contributed by atoms with van der Waals surface area (Å²) in [6.45, 7) is 0. The second-order valence-corrected chi connectivity index (χ2v) is 6.62. The third-order valence-corrected chi connectivity index (χ3v) is 4.77. The van der Waals surface area contributed by atoms with Crippen LogP contribution in [-0.4, -0.2) is 5.91 Å². The molecule has 0 unspecified atom stereocenters. The Hall–Kier alpha value is -1.60. The van der Waals surface area contributed by atoms with Gasteiger partial charge in [-0.3, -0.25) is 9.93 Å². The van der Waals surface area contributed by atoms with Gasteiger partial charge in [0.1, 0.15) is 5.70 Å². The van der Waals surface area contributed by atoms with Gasteiger partial charge in [-0.05, 0) is 48.3 Å². The van der Waals surface area contributed by atoms with Gasteiger partial charge in [-0.2, -0.15) is 0 Å². The molecule has 22 heavy (non-hydrogen) atoms. The van der Waals surface area contributed by atoms with E-state index in [4.69, 9.17) is 22.5 Å². The summed E-state index contributed by atoms with van der Waals surface area (Å²) in [7, 11) is 0. The fourth-order valence-electron chi connectivity index (χ4n) is 1.56. The van der Waals surface area contributed by atoms with Crippen LogP contribution in [0.25, 0.3) is 0 Å². The average Bonchev–Trinajstić information content (AvgIpc) is 2.54. The second kappa shape index (κ2) is 8.14. The minimum absolute atomic E-state index is 0.0799. The fraction of sp³-hybridized carbons (Fsp3) is 0. The Labute approximate surface area is 142 Å². The molecule has 0 bridgehead atoms. The van der Waals surface area contributed by atoms with Gasteiger partial charge in [-0.15, -0.1) is 0 Å². The van der Waals surface area contributed by atoms with Gasteiger partial charge < -0.3 is 11.1 Å². The minimum atomic E-state index is -0.388. The number of nitrogens with one attached hydrogen (secondary N) is 1. The number of benzene rings is 2. The molecule has 0 saturated carbocycles. The van der Waals surface area contributed by atoms with Crippen LogP contribution in [-0.2, 0) is 4.79 Å². The van der Waals surface area contributed by atoms with Crippen molar-refractivity contribution in [3.8, 4) is 0 Å². The van der Waals surface area contributed by atoms with Crippen LogP contribution >= 0.6 is 35.3 Å². The number of hydrogen-bond acceptors (Lipinski definition) is 5. The first-order valence-electron chi connectivity index (χ1n) is 6.26. The summed E-state index contributed by atoms with van der Waals surface area (Å²) >= 11 is 8.10. The van der Waals surface area contributed by atoms with Crippen LogP contribution in [0.2, 0.25) is 5.02 Å². The lowest BCUT2D eigenvalue weighted by Crippen LogP contribution is -2.21. The summed E-state index contributed by atoms with van der Waals surface area (Å²) in [5.41, 5.74) is 6.67. The van der Waals surface area contributed by atoms with E-state index in [1.54, 1.807) is 24.3 Å². The maximum Gasteiger partial charge on any atom is 0.273 e. The van der Waals surface area contributed by atoms with Gasteiger partial charge in [-0.1, -0.05) is 41.6 Å². The van der Waals surface area contributed by atoms with Crippen molar-refractivity contribution < 1.29 is 4.79 Å². The van der Waals surface area contributed by atoms with E-state index >= 15 is 0 Å². The van der Waals surface area contributed by atoms with Crippen molar-refractivity contribution in [2.75, 3.05) is 5.32 Å². The molecule has 0 spiro atoms. The van der Waals surface area contributed by atoms with E-state index < -0.39 is 0 Å². The Kier molecular flexibility index (Phi) is 6.21. The Balaban J connectivity index is 2.13. The lowest BCUT2D eigenvalue weighted by molar-refractivity contribution is -0.112. The molecule has 1 amide bonds. The molecule has 2 aromatic carbocycles. The molecular formula is C15H14ClN3OS2. The largest absolute Gasteiger partial charge is 0.393 e. The highest BCUT2D eigenvalue weighted by molar-refractivity contribution is 8.21. The number of thioether (sulfide) groups is 1. The third-order valence-electron chi connectivity index (χ3n) is 2.63. The van der Waals surface area contributed by atoms with E-state index in [1.165, 1.54) is 11.8 Å². The molecule has 5 N–H and O–H groups in total. The molecule has 0 radical (unpaired) electrons. The van der Waals surface area contributed by atoms with E-state index in [0.717, 1.165) is 16.8 Å². The van der Waals surface area contributed by atoms with Crippen molar-refractivity contribution >= 4 is 46.9 Å². The van der Waals surface area contributed by atoms with Crippen molar-refractivity contribution in [2.45, 2.75) is 4.90 Å². The molecule has 114 valence electrons. The van der Waals surface area contributed by atoms with E-state index in [9.17, 15) is 4.79 Å².